The predicted molar refractivity (Wildman–Crippen MR) is 86.4 cm³/mol. The summed E-state index contributed by atoms with van der Waals surface area (Å²) in [5.74, 6) is 0.512. The van der Waals surface area contributed by atoms with Crippen molar-refractivity contribution in [2.45, 2.75) is 79.0 Å². The molecule has 5 heteroatoms. The normalized spacial score (nSPS) is 24.0. The molecule has 2 nitrogen and oxygen atoms in total. The van der Waals surface area contributed by atoms with E-state index in [4.69, 9.17) is 9.47 Å². The minimum atomic E-state index is -4.24. The number of rotatable bonds is 7. The summed E-state index contributed by atoms with van der Waals surface area (Å²) in [5.41, 5.74) is -0.0700. The van der Waals surface area contributed by atoms with Gasteiger partial charge in [0, 0.05) is 0 Å². The molecule has 0 aliphatic heterocycles. The van der Waals surface area contributed by atoms with Crippen LogP contribution in [0, 0.1) is 16.7 Å². The Bertz CT molecular complexity index is 345. The van der Waals surface area contributed by atoms with E-state index in [2.05, 4.69) is 20.8 Å². The van der Waals surface area contributed by atoms with Gasteiger partial charge in [0.1, 0.15) is 6.61 Å². The van der Waals surface area contributed by atoms with Gasteiger partial charge in [0.05, 0.1) is 19.3 Å². The maximum Gasteiger partial charge on any atom is 0.411 e. The van der Waals surface area contributed by atoms with E-state index in [9.17, 15) is 13.2 Å². The summed E-state index contributed by atoms with van der Waals surface area (Å²) in [6, 6.07) is 0. The maximum atomic E-state index is 12.2. The summed E-state index contributed by atoms with van der Waals surface area (Å²) in [6.07, 6.45) is 1.32. The molecule has 23 heavy (non-hydrogen) atoms. The Labute approximate surface area is 139 Å². The lowest BCUT2D eigenvalue weighted by Crippen LogP contribution is -2.31. The molecule has 138 valence electrons. The van der Waals surface area contributed by atoms with E-state index in [-0.39, 0.29) is 17.4 Å². The molecular weight excluding hydrogens is 305 g/mol. The summed E-state index contributed by atoms with van der Waals surface area (Å²) in [4.78, 5) is 0. The van der Waals surface area contributed by atoms with Crippen LogP contribution >= 0.6 is 0 Å². The minimum absolute atomic E-state index is 0.149. The minimum Gasteiger partial charge on any atom is -0.378 e. The first-order chi connectivity index (χ1) is 10.4. The highest BCUT2D eigenvalue weighted by Gasteiger charge is 2.32. The largest absolute Gasteiger partial charge is 0.411 e. The summed E-state index contributed by atoms with van der Waals surface area (Å²) < 4.78 is 47.4. The third-order valence-corrected chi connectivity index (χ3v) is 4.09. The molecule has 0 amide bonds. The molecule has 0 spiro atoms. The van der Waals surface area contributed by atoms with Crippen LogP contribution < -0.4 is 0 Å². The van der Waals surface area contributed by atoms with Gasteiger partial charge in [-0.25, -0.2) is 0 Å². The topological polar surface area (TPSA) is 18.5 Å². The zero-order valence-corrected chi connectivity index (χ0v) is 15.3. The molecule has 2 atom stereocenters. The number of hydrogen-bond acceptors (Lipinski definition) is 2. The third-order valence-electron chi connectivity index (χ3n) is 4.09. The fourth-order valence-electron chi connectivity index (χ4n) is 3.23. The predicted octanol–water partition coefficient (Wildman–Crippen LogP) is 5.60. The average Bonchev–Trinajstić information content (AvgIpc) is 2.33. The first-order valence-electron chi connectivity index (χ1n) is 8.62. The van der Waals surface area contributed by atoms with Crippen molar-refractivity contribution in [3.8, 4) is 0 Å². The van der Waals surface area contributed by atoms with Gasteiger partial charge in [-0.2, -0.15) is 13.2 Å². The molecule has 2 unspecified atom stereocenters. The molecule has 0 aromatic carbocycles. The summed E-state index contributed by atoms with van der Waals surface area (Å²) >= 11 is 0. The molecule has 1 saturated carbocycles. The van der Waals surface area contributed by atoms with Crippen molar-refractivity contribution in [3.63, 3.8) is 0 Å². The zero-order valence-electron chi connectivity index (χ0n) is 15.3. The second kappa shape index (κ2) is 8.19. The van der Waals surface area contributed by atoms with E-state index in [0.29, 0.717) is 12.0 Å². The summed E-state index contributed by atoms with van der Waals surface area (Å²) in [6.45, 7) is 10.2. The summed E-state index contributed by atoms with van der Waals surface area (Å²) in [7, 11) is 0. The standard InChI is InChI=1S/C18H33F3O2/c1-16(2,3)11-23-15-8-6-7-14(9-15)10-17(4,5)12-22-13-18(19,20)21/h14-15H,6-13H2,1-5H3. The number of alkyl halides is 3. The van der Waals surface area contributed by atoms with Gasteiger partial charge in [0.15, 0.2) is 0 Å². The highest BCUT2D eigenvalue weighted by atomic mass is 19.4. The van der Waals surface area contributed by atoms with Crippen LogP contribution in [0.15, 0.2) is 0 Å². The number of ether oxygens (including phenoxy) is 2. The van der Waals surface area contributed by atoms with Crippen LogP contribution in [0.3, 0.4) is 0 Å². The molecule has 0 heterocycles. The Morgan fingerprint density at radius 2 is 1.57 bits per heavy atom. The van der Waals surface area contributed by atoms with Crippen molar-refractivity contribution >= 4 is 0 Å². The average molecular weight is 338 g/mol. The SMILES string of the molecule is CC(C)(C)COC1CCCC(CC(C)(C)COCC(F)(F)F)C1. The first-order valence-corrected chi connectivity index (χ1v) is 8.62. The van der Waals surface area contributed by atoms with Crippen LogP contribution in [0.2, 0.25) is 0 Å². The molecule has 0 aromatic rings. The van der Waals surface area contributed by atoms with Gasteiger partial charge < -0.3 is 9.47 Å². The highest BCUT2D eigenvalue weighted by Crippen LogP contribution is 2.36. The van der Waals surface area contributed by atoms with Crippen LogP contribution in [0.4, 0.5) is 13.2 Å². The van der Waals surface area contributed by atoms with E-state index in [1.54, 1.807) is 0 Å². The highest BCUT2D eigenvalue weighted by molar-refractivity contribution is 4.80. The van der Waals surface area contributed by atoms with Crippen LogP contribution in [0.5, 0.6) is 0 Å². The lowest BCUT2D eigenvalue weighted by atomic mass is 9.76. The Hall–Kier alpha value is -0.290. The molecule has 0 radical (unpaired) electrons. The fourth-order valence-corrected chi connectivity index (χ4v) is 3.23. The van der Waals surface area contributed by atoms with Gasteiger partial charge in [-0.05, 0) is 36.0 Å². The molecule has 1 aliphatic carbocycles. The zero-order chi connectivity index (χ0) is 17.7. The lowest BCUT2D eigenvalue weighted by molar-refractivity contribution is -0.180. The maximum absolute atomic E-state index is 12.2. The van der Waals surface area contributed by atoms with Gasteiger partial charge in [-0.3, -0.25) is 0 Å². The lowest BCUT2D eigenvalue weighted by Gasteiger charge is -2.35. The first kappa shape index (κ1) is 20.8. The van der Waals surface area contributed by atoms with E-state index in [1.165, 1.54) is 0 Å². The quantitative estimate of drug-likeness (QED) is 0.601. The van der Waals surface area contributed by atoms with Crippen molar-refractivity contribution in [3.05, 3.63) is 0 Å². The van der Waals surface area contributed by atoms with Crippen molar-refractivity contribution in [1.29, 1.82) is 0 Å². The smallest absolute Gasteiger partial charge is 0.378 e. The number of halogens is 3. The van der Waals surface area contributed by atoms with E-state index in [1.807, 2.05) is 13.8 Å². The van der Waals surface area contributed by atoms with E-state index in [0.717, 1.165) is 38.7 Å². The third kappa shape index (κ3) is 10.2. The Morgan fingerprint density at radius 1 is 0.913 bits per heavy atom. The van der Waals surface area contributed by atoms with Crippen molar-refractivity contribution in [2.24, 2.45) is 16.7 Å². The van der Waals surface area contributed by atoms with E-state index >= 15 is 0 Å². The molecule has 1 rings (SSSR count). The molecule has 0 bridgehead atoms. The van der Waals surface area contributed by atoms with Crippen molar-refractivity contribution in [1.82, 2.24) is 0 Å². The van der Waals surface area contributed by atoms with Gasteiger partial charge in [0.25, 0.3) is 0 Å². The monoisotopic (exact) mass is 338 g/mol. The van der Waals surface area contributed by atoms with Crippen LogP contribution in [0.25, 0.3) is 0 Å². The second-order valence-electron chi connectivity index (χ2n) is 9.00. The van der Waals surface area contributed by atoms with Crippen molar-refractivity contribution < 1.29 is 22.6 Å². The second-order valence-corrected chi connectivity index (χ2v) is 9.00. The van der Waals surface area contributed by atoms with Gasteiger partial charge in [0.2, 0.25) is 0 Å². The Kier molecular flexibility index (Phi) is 7.39. The van der Waals surface area contributed by atoms with Crippen LogP contribution in [-0.4, -0.2) is 32.1 Å². The molecular formula is C18H33F3O2. The molecule has 0 saturated heterocycles. The van der Waals surface area contributed by atoms with E-state index < -0.39 is 12.8 Å². The van der Waals surface area contributed by atoms with Crippen LogP contribution in [0.1, 0.15) is 66.7 Å². The Morgan fingerprint density at radius 3 is 2.13 bits per heavy atom. The van der Waals surface area contributed by atoms with Crippen LogP contribution in [-0.2, 0) is 9.47 Å². The Balaban J connectivity index is 2.36. The molecule has 1 aliphatic rings. The summed E-state index contributed by atoms with van der Waals surface area (Å²) in [5, 5.41) is 0. The van der Waals surface area contributed by atoms with Gasteiger partial charge in [-0.1, -0.05) is 47.5 Å². The molecule has 0 aromatic heterocycles. The number of hydrogen-bond donors (Lipinski definition) is 0. The molecule has 1 fully saturated rings. The van der Waals surface area contributed by atoms with Gasteiger partial charge >= 0.3 is 6.18 Å². The fraction of sp³-hybridized carbons (Fsp3) is 1.00. The van der Waals surface area contributed by atoms with Gasteiger partial charge in [-0.15, -0.1) is 0 Å². The molecule has 0 N–H and O–H groups in total. The van der Waals surface area contributed by atoms with Crippen molar-refractivity contribution in [2.75, 3.05) is 19.8 Å².